The molecular weight excluding hydrogens is 134 g/mol. The lowest BCUT2D eigenvalue weighted by Gasteiger charge is -2.34. The first kappa shape index (κ1) is 7.50. The molecule has 0 spiro atoms. The molecule has 0 aromatic carbocycles. The fourth-order valence-corrected chi connectivity index (χ4v) is 0.828. The van der Waals surface area contributed by atoms with E-state index in [0.717, 1.165) is 0 Å². The zero-order valence-electron chi connectivity index (χ0n) is 5.83. The lowest BCUT2D eigenvalue weighted by atomic mass is 10.1. The van der Waals surface area contributed by atoms with E-state index in [1.807, 2.05) is 6.92 Å². The molecule has 1 heterocycles. The SMILES string of the molecule is CC1OCC1NCC(=O)O. The van der Waals surface area contributed by atoms with Crippen LogP contribution in [0.25, 0.3) is 0 Å². The van der Waals surface area contributed by atoms with Crippen LogP contribution in [-0.4, -0.2) is 36.4 Å². The van der Waals surface area contributed by atoms with Crippen LogP contribution in [0.1, 0.15) is 6.92 Å². The zero-order chi connectivity index (χ0) is 7.56. The highest BCUT2D eigenvalue weighted by Crippen LogP contribution is 2.10. The first-order valence-electron chi connectivity index (χ1n) is 3.27. The largest absolute Gasteiger partial charge is 0.480 e. The maximum absolute atomic E-state index is 10.0. The molecule has 0 radical (unpaired) electrons. The number of ether oxygens (including phenoxy) is 1. The predicted molar refractivity (Wildman–Crippen MR) is 34.8 cm³/mol. The second-order valence-electron chi connectivity index (χ2n) is 2.42. The van der Waals surface area contributed by atoms with E-state index in [1.54, 1.807) is 0 Å². The molecule has 4 nitrogen and oxygen atoms in total. The Morgan fingerprint density at radius 2 is 2.60 bits per heavy atom. The first-order chi connectivity index (χ1) is 4.70. The minimum atomic E-state index is -0.820. The van der Waals surface area contributed by atoms with Crippen molar-refractivity contribution in [1.29, 1.82) is 0 Å². The maximum atomic E-state index is 10.0. The Morgan fingerprint density at radius 1 is 1.90 bits per heavy atom. The maximum Gasteiger partial charge on any atom is 0.317 e. The Balaban J connectivity index is 2.08. The van der Waals surface area contributed by atoms with Crippen molar-refractivity contribution >= 4 is 5.97 Å². The summed E-state index contributed by atoms with van der Waals surface area (Å²) >= 11 is 0. The summed E-state index contributed by atoms with van der Waals surface area (Å²) in [5, 5.41) is 11.1. The molecule has 2 atom stereocenters. The molecule has 4 heteroatoms. The lowest BCUT2D eigenvalue weighted by Crippen LogP contribution is -2.53. The van der Waals surface area contributed by atoms with E-state index in [-0.39, 0.29) is 18.7 Å². The van der Waals surface area contributed by atoms with Crippen molar-refractivity contribution in [3.63, 3.8) is 0 Å². The monoisotopic (exact) mass is 145 g/mol. The number of carboxylic acids is 1. The van der Waals surface area contributed by atoms with Crippen molar-refractivity contribution in [2.24, 2.45) is 0 Å². The molecule has 1 aliphatic rings. The van der Waals surface area contributed by atoms with Crippen LogP contribution in [0.4, 0.5) is 0 Å². The van der Waals surface area contributed by atoms with Gasteiger partial charge in [0.1, 0.15) is 0 Å². The summed E-state index contributed by atoms with van der Waals surface area (Å²) in [6.07, 6.45) is 0.166. The fourth-order valence-electron chi connectivity index (χ4n) is 0.828. The molecule has 58 valence electrons. The average Bonchev–Trinajstić information content (AvgIpc) is 1.84. The van der Waals surface area contributed by atoms with E-state index in [2.05, 4.69) is 5.32 Å². The Hall–Kier alpha value is -0.610. The van der Waals surface area contributed by atoms with Crippen LogP contribution in [0.3, 0.4) is 0 Å². The number of hydrogen-bond donors (Lipinski definition) is 2. The standard InChI is InChI=1S/C6H11NO3/c1-4-5(3-10-4)7-2-6(8)9/h4-5,7H,2-3H2,1H3,(H,8,9). The smallest absolute Gasteiger partial charge is 0.317 e. The molecule has 0 aliphatic carbocycles. The van der Waals surface area contributed by atoms with Gasteiger partial charge in [-0.2, -0.15) is 0 Å². The van der Waals surface area contributed by atoms with Crippen LogP contribution in [0.15, 0.2) is 0 Å². The quantitative estimate of drug-likeness (QED) is 0.559. The summed E-state index contributed by atoms with van der Waals surface area (Å²) < 4.78 is 5.02. The molecule has 0 aromatic heterocycles. The van der Waals surface area contributed by atoms with Crippen LogP contribution >= 0.6 is 0 Å². The third kappa shape index (κ3) is 1.68. The molecule has 0 saturated carbocycles. The van der Waals surface area contributed by atoms with E-state index < -0.39 is 5.97 Å². The molecule has 1 aliphatic heterocycles. The van der Waals surface area contributed by atoms with Gasteiger partial charge >= 0.3 is 5.97 Å². The summed E-state index contributed by atoms with van der Waals surface area (Å²) in [6.45, 7) is 2.58. The van der Waals surface area contributed by atoms with E-state index >= 15 is 0 Å². The molecule has 0 bridgehead atoms. The van der Waals surface area contributed by atoms with Crippen LogP contribution in [0.2, 0.25) is 0 Å². The summed E-state index contributed by atoms with van der Waals surface area (Å²) in [5.41, 5.74) is 0. The average molecular weight is 145 g/mol. The minimum Gasteiger partial charge on any atom is -0.480 e. The van der Waals surface area contributed by atoms with Crippen LogP contribution in [0, 0.1) is 0 Å². The Kier molecular flexibility index (Phi) is 2.24. The van der Waals surface area contributed by atoms with Gasteiger partial charge < -0.3 is 9.84 Å². The molecular formula is C6H11NO3. The highest BCUT2D eigenvalue weighted by atomic mass is 16.5. The van der Waals surface area contributed by atoms with Crippen LogP contribution in [0.5, 0.6) is 0 Å². The number of hydrogen-bond acceptors (Lipinski definition) is 3. The van der Waals surface area contributed by atoms with Gasteiger partial charge in [-0.15, -0.1) is 0 Å². The van der Waals surface area contributed by atoms with E-state index in [9.17, 15) is 4.79 Å². The minimum absolute atomic E-state index is 0.0262. The van der Waals surface area contributed by atoms with Crippen molar-refractivity contribution in [2.75, 3.05) is 13.2 Å². The molecule has 1 fully saturated rings. The van der Waals surface area contributed by atoms with Gasteiger partial charge in [0.05, 0.1) is 25.3 Å². The topological polar surface area (TPSA) is 58.6 Å². The predicted octanol–water partition coefficient (Wildman–Crippen LogP) is -0.552. The number of aliphatic carboxylic acids is 1. The summed E-state index contributed by atoms with van der Waals surface area (Å²) in [4.78, 5) is 10.0. The second-order valence-corrected chi connectivity index (χ2v) is 2.42. The molecule has 1 saturated heterocycles. The summed E-state index contributed by atoms with van der Waals surface area (Å²) in [5.74, 6) is -0.820. The first-order valence-corrected chi connectivity index (χ1v) is 3.27. The van der Waals surface area contributed by atoms with Crippen molar-refractivity contribution in [1.82, 2.24) is 5.32 Å². The van der Waals surface area contributed by atoms with Crippen LogP contribution < -0.4 is 5.32 Å². The van der Waals surface area contributed by atoms with Gasteiger partial charge in [0.2, 0.25) is 0 Å². The van der Waals surface area contributed by atoms with E-state index in [4.69, 9.17) is 9.84 Å². The Labute approximate surface area is 59.2 Å². The van der Waals surface area contributed by atoms with Gasteiger partial charge in [0.15, 0.2) is 0 Å². The number of nitrogens with one attached hydrogen (secondary N) is 1. The number of carbonyl (C=O) groups is 1. The van der Waals surface area contributed by atoms with Gasteiger partial charge in [0.25, 0.3) is 0 Å². The number of rotatable bonds is 3. The summed E-state index contributed by atoms with van der Waals surface area (Å²) in [6, 6.07) is 0.232. The highest BCUT2D eigenvalue weighted by molar-refractivity contribution is 5.69. The van der Waals surface area contributed by atoms with E-state index in [0.29, 0.717) is 6.61 Å². The molecule has 0 aromatic rings. The van der Waals surface area contributed by atoms with E-state index in [1.165, 1.54) is 0 Å². The molecule has 2 N–H and O–H groups in total. The van der Waals surface area contributed by atoms with Gasteiger partial charge in [-0.25, -0.2) is 0 Å². The second kappa shape index (κ2) is 2.98. The third-order valence-electron chi connectivity index (χ3n) is 1.62. The Bertz CT molecular complexity index is 137. The van der Waals surface area contributed by atoms with Crippen molar-refractivity contribution in [2.45, 2.75) is 19.1 Å². The Morgan fingerprint density at radius 3 is 2.90 bits per heavy atom. The van der Waals surface area contributed by atoms with Crippen molar-refractivity contribution < 1.29 is 14.6 Å². The molecule has 1 rings (SSSR count). The van der Waals surface area contributed by atoms with Crippen molar-refractivity contribution in [3.8, 4) is 0 Å². The number of carboxylic acid groups (broad SMARTS) is 1. The third-order valence-corrected chi connectivity index (χ3v) is 1.62. The van der Waals surface area contributed by atoms with Crippen LogP contribution in [-0.2, 0) is 9.53 Å². The summed E-state index contributed by atoms with van der Waals surface area (Å²) in [7, 11) is 0. The molecule has 0 amide bonds. The zero-order valence-corrected chi connectivity index (χ0v) is 5.83. The molecule has 10 heavy (non-hydrogen) atoms. The van der Waals surface area contributed by atoms with Gasteiger partial charge in [-0.3, -0.25) is 10.1 Å². The normalized spacial score (nSPS) is 31.3. The fraction of sp³-hybridized carbons (Fsp3) is 0.833. The van der Waals surface area contributed by atoms with Gasteiger partial charge in [0, 0.05) is 0 Å². The highest BCUT2D eigenvalue weighted by Gasteiger charge is 2.27. The lowest BCUT2D eigenvalue weighted by molar-refractivity contribution is -0.137. The van der Waals surface area contributed by atoms with Gasteiger partial charge in [-0.1, -0.05) is 0 Å². The molecule has 2 unspecified atom stereocenters. The van der Waals surface area contributed by atoms with Gasteiger partial charge in [-0.05, 0) is 6.92 Å². The van der Waals surface area contributed by atoms with Crippen molar-refractivity contribution in [3.05, 3.63) is 0 Å².